The minimum absolute atomic E-state index is 0.236. The van der Waals surface area contributed by atoms with E-state index >= 15 is 0 Å². The van der Waals surface area contributed by atoms with E-state index in [1.807, 2.05) is 24.3 Å². The number of carbonyl (C=O) groups excluding carboxylic acids is 1. The van der Waals surface area contributed by atoms with Crippen molar-refractivity contribution in [2.45, 2.75) is 19.4 Å². The molecule has 1 aliphatic heterocycles. The van der Waals surface area contributed by atoms with Gasteiger partial charge in [-0.3, -0.25) is 4.79 Å². The first-order chi connectivity index (χ1) is 6.99. The summed E-state index contributed by atoms with van der Waals surface area (Å²) < 4.78 is 6.45. The quantitative estimate of drug-likeness (QED) is 0.785. The van der Waals surface area contributed by atoms with Gasteiger partial charge in [0.2, 0.25) is 5.90 Å². The van der Waals surface area contributed by atoms with Crippen molar-refractivity contribution in [3.05, 3.63) is 34.3 Å². The molecule has 0 atom stereocenters. The van der Waals surface area contributed by atoms with Gasteiger partial charge in [-0.05, 0) is 38.1 Å². The van der Waals surface area contributed by atoms with Crippen LogP contribution in [0.4, 0.5) is 0 Å². The monoisotopic (exact) mass is 267 g/mol. The number of halogens is 1. The lowest BCUT2D eigenvalue weighted by Crippen LogP contribution is -2.29. The Balaban J connectivity index is 2.31. The highest BCUT2D eigenvalue weighted by Crippen LogP contribution is 2.23. The van der Waals surface area contributed by atoms with Crippen molar-refractivity contribution < 1.29 is 9.53 Å². The Morgan fingerprint density at radius 2 is 1.87 bits per heavy atom. The van der Waals surface area contributed by atoms with Crippen LogP contribution in [0.25, 0.3) is 0 Å². The third kappa shape index (κ3) is 1.95. The Morgan fingerprint density at radius 3 is 2.33 bits per heavy atom. The molecule has 15 heavy (non-hydrogen) atoms. The molecule has 0 radical (unpaired) electrons. The van der Waals surface area contributed by atoms with Crippen LogP contribution in [0.3, 0.4) is 0 Å². The van der Waals surface area contributed by atoms with Gasteiger partial charge in [-0.1, -0.05) is 15.9 Å². The number of ether oxygens (including phenoxy) is 1. The van der Waals surface area contributed by atoms with Crippen LogP contribution in [0, 0.1) is 0 Å². The van der Waals surface area contributed by atoms with Gasteiger partial charge in [-0.15, -0.1) is 0 Å². The van der Waals surface area contributed by atoms with Crippen LogP contribution in [0.1, 0.15) is 19.4 Å². The third-order valence-electron chi connectivity index (χ3n) is 2.16. The fourth-order valence-corrected chi connectivity index (χ4v) is 1.52. The van der Waals surface area contributed by atoms with Crippen LogP contribution >= 0.6 is 15.9 Å². The zero-order valence-electron chi connectivity index (χ0n) is 8.45. The molecule has 0 saturated heterocycles. The number of hydrogen-bond donors (Lipinski definition) is 0. The lowest BCUT2D eigenvalue weighted by Gasteiger charge is -2.15. The first kappa shape index (κ1) is 10.4. The molecule has 1 heterocycles. The second-order valence-electron chi connectivity index (χ2n) is 3.84. The third-order valence-corrected chi connectivity index (χ3v) is 2.69. The average Bonchev–Trinajstić information content (AvgIpc) is 2.42. The van der Waals surface area contributed by atoms with Crippen molar-refractivity contribution in [2.75, 3.05) is 0 Å². The lowest BCUT2D eigenvalue weighted by molar-refractivity contribution is -0.128. The second kappa shape index (κ2) is 3.45. The lowest BCUT2D eigenvalue weighted by atomic mass is 10.1. The normalized spacial score (nSPS) is 18.6. The molecule has 78 valence electrons. The van der Waals surface area contributed by atoms with E-state index in [0.717, 1.165) is 10.0 Å². The topological polar surface area (TPSA) is 38.7 Å². The molecular weight excluding hydrogens is 258 g/mol. The van der Waals surface area contributed by atoms with E-state index in [-0.39, 0.29) is 5.91 Å². The molecule has 0 bridgehead atoms. The van der Waals surface area contributed by atoms with E-state index in [9.17, 15) is 4.79 Å². The van der Waals surface area contributed by atoms with Gasteiger partial charge >= 0.3 is 0 Å². The molecule has 0 aromatic heterocycles. The molecule has 2 rings (SSSR count). The van der Waals surface area contributed by atoms with Crippen molar-refractivity contribution >= 4 is 27.7 Å². The second-order valence-corrected chi connectivity index (χ2v) is 4.76. The summed E-state index contributed by atoms with van der Waals surface area (Å²) in [6.07, 6.45) is 0. The highest BCUT2D eigenvalue weighted by Gasteiger charge is 2.37. The van der Waals surface area contributed by atoms with Gasteiger partial charge in [-0.25, -0.2) is 0 Å². The van der Waals surface area contributed by atoms with Gasteiger partial charge in [0.15, 0.2) is 5.60 Å². The number of nitrogens with zero attached hydrogens (tertiary/aromatic N) is 1. The molecule has 0 unspecified atom stereocenters. The van der Waals surface area contributed by atoms with Gasteiger partial charge in [0.25, 0.3) is 5.91 Å². The summed E-state index contributed by atoms with van der Waals surface area (Å²) in [5.41, 5.74) is -0.0142. The summed E-state index contributed by atoms with van der Waals surface area (Å²) >= 11 is 3.34. The number of carbonyl (C=O) groups is 1. The number of hydrogen-bond acceptors (Lipinski definition) is 2. The van der Waals surface area contributed by atoms with E-state index < -0.39 is 5.60 Å². The van der Waals surface area contributed by atoms with Crippen LogP contribution in [0.5, 0.6) is 0 Å². The Morgan fingerprint density at radius 1 is 1.27 bits per heavy atom. The Hall–Kier alpha value is -1.16. The SMILES string of the molecule is CC1(C)OC(c2ccc(Br)cc2)=NC1=O. The average molecular weight is 268 g/mol. The molecule has 0 spiro atoms. The first-order valence-electron chi connectivity index (χ1n) is 4.57. The molecule has 3 nitrogen and oxygen atoms in total. The van der Waals surface area contributed by atoms with Crippen LogP contribution in [0.15, 0.2) is 33.7 Å². The minimum atomic E-state index is -0.831. The maximum Gasteiger partial charge on any atom is 0.292 e. The number of amides is 1. The standard InChI is InChI=1S/C11H10BrNO2/c1-11(2)10(14)13-9(15-11)7-3-5-8(12)6-4-7/h3-6H,1-2H3. The van der Waals surface area contributed by atoms with E-state index in [2.05, 4.69) is 20.9 Å². The molecule has 0 fully saturated rings. The van der Waals surface area contributed by atoms with Crippen molar-refractivity contribution in [1.82, 2.24) is 0 Å². The van der Waals surface area contributed by atoms with Crippen LogP contribution in [0.2, 0.25) is 0 Å². The molecule has 1 aromatic carbocycles. The van der Waals surface area contributed by atoms with Crippen molar-refractivity contribution in [3.63, 3.8) is 0 Å². The van der Waals surface area contributed by atoms with Crippen LogP contribution in [-0.4, -0.2) is 17.4 Å². The summed E-state index contributed by atoms with van der Waals surface area (Å²) in [6.45, 7) is 3.43. The van der Waals surface area contributed by atoms with Crippen molar-refractivity contribution in [1.29, 1.82) is 0 Å². The molecule has 0 saturated carbocycles. The summed E-state index contributed by atoms with van der Waals surface area (Å²) in [5, 5.41) is 0. The Labute approximate surface area is 96.3 Å². The maximum absolute atomic E-state index is 11.4. The van der Waals surface area contributed by atoms with Gasteiger partial charge in [0, 0.05) is 10.0 Å². The van der Waals surface area contributed by atoms with Crippen LogP contribution < -0.4 is 0 Å². The molecule has 1 amide bonds. The molecule has 4 heteroatoms. The summed E-state index contributed by atoms with van der Waals surface area (Å²) in [6, 6.07) is 7.49. The van der Waals surface area contributed by atoms with Gasteiger partial charge in [0.05, 0.1) is 0 Å². The number of rotatable bonds is 1. The number of aliphatic imine (C=N–C) groups is 1. The fraction of sp³-hybridized carbons (Fsp3) is 0.273. The largest absolute Gasteiger partial charge is 0.461 e. The van der Waals surface area contributed by atoms with E-state index in [4.69, 9.17) is 4.74 Å². The molecule has 1 aromatic rings. The van der Waals surface area contributed by atoms with E-state index in [1.54, 1.807) is 13.8 Å². The predicted molar refractivity (Wildman–Crippen MR) is 60.9 cm³/mol. The number of benzene rings is 1. The van der Waals surface area contributed by atoms with Crippen molar-refractivity contribution in [3.8, 4) is 0 Å². The van der Waals surface area contributed by atoms with E-state index in [0.29, 0.717) is 5.90 Å². The smallest absolute Gasteiger partial charge is 0.292 e. The van der Waals surface area contributed by atoms with Gasteiger partial charge in [0.1, 0.15) is 0 Å². The predicted octanol–water partition coefficient (Wildman–Crippen LogP) is 2.53. The summed E-state index contributed by atoms with van der Waals surface area (Å²) in [7, 11) is 0. The molecule has 1 aliphatic rings. The zero-order valence-corrected chi connectivity index (χ0v) is 10.0. The molecule has 0 N–H and O–H groups in total. The molecular formula is C11H10BrNO2. The minimum Gasteiger partial charge on any atom is -0.461 e. The first-order valence-corrected chi connectivity index (χ1v) is 5.36. The van der Waals surface area contributed by atoms with Crippen molar-refractivity contribution in [2.24, 2.45) is 4.99 Å². The fourth-order valence-electron chi connectivity index (χ4n) is 1.25. The van der Waals surface area contributed by atoms with Gasteiger partial charge in [-0.2, -0.15) is 4.99 Å². The zero-order chi connectivity index (χ0) is 11.1. The Bertz CT molecular complexity index is 434. The van der Waals surface area contributed by atoms with Gasteiger partial charge < -0.3 is 4.74 Å². The highest BCUT2D eigenvalue weighted by atomic mass is 79.9. The molecule has 0 aliphatic carbocycles. The van der Waals surface area contributed by atoms with E-state index in [1.165, 1.54) is 0 Å². The Kier molecular flexibility index (Phi) is 2.38. The highest BCUT2D eigenvalue weighted by molar-refractivity contribution is 9.10. The summed E-state index contributed by atoms with van der Waals surface area (Å²) in [4.78, 5) is 15.3. The van der Waals surface area contributed by atoms with Crippen LogP contribution in [-0.2, 0) is 9.53 Å². The maximum atomic E-state index is 11.4. The summed E-state index contributed by atoms with van der Waals surface area (Å²) in [5.74, 6) is 0.165.